The summed E-state index contributed by atoms with van der Waals surface area (Å²) in [5.41, 5.74) is 15.0. The summed E-state index contributed by atoms with van der Waals surface area (Å²) in [4.78, 5) is 13.1. The lowest BCUT2D eigenvalue weighted by molar-refractivity contribution is 0.981. The van der Waals surface area contributed by atoms with E-state index in [1.54, 1.807) is 6.33 Å². The van der Waals surface area contributed by atoms with E-state index in [2.05, 4.69) is 122 Å². The molecular weight excluding hydrogens is 464 g/mol. The smallest absolute Gasteiger partial charge is 0.162 e. The normalized spacial score (nSPS) is 11.6. The van der Waals surface area contributed by atoms with Crippen LogP contribution in [0.3, 0.4) is 0 Å². The molecule has 0 aliphatic rings. The second kappa shape index (κ2) is 8.91. The Labute approximate surface area is 224 Å². The van der Waals surface area contributed by atoms with E-state index in [-0.39, 0.29) is 0 Å². The van der Waals surface area contributed by atoms with Gasteiger partial charge in [-0.25, -0.2) is 15.0 Å². The van der Waals surface area contributed by atoms with Crippen LogP contribution in [0.2, 0.25) is 0 Å². The van der Waals surface area contributed by atoms with Gasteiger partial charge >= 0.3 is 0 Å². The van der Waals surface area contributed by atoms with Gasteiger partial charge in [-0.05, 0) is 123 Å². The predicted octanol–water partition coefficient (Wildman–Crippen LogP) is 8.46. The maximum absolute atomic E-state index is 4.55. The first-order valence-electron chi connectivity index (χ1n) is 13.1. The number of aryl methyl sites for hydroxylation is 5. The van der Waals surface area contributed by atoms with E-state index in [1.165, 1.54) is 72.0 Å². The Morgan fingerprint density at radius 2 is 1.24 bits per heavy atom. The van der Waals surface area contributed by atoms with Crippen molar-refractivity contribution in [3.05, 3.63) is 106 Å². The van der Waals surface area contributed by atoms with Crippen LogP contribution in [0.25, 0.3) is 50.0 Å². The summed E-state index contributed by atoms with van der Waals surface area (Å²) in [5.74, 6) is 1.43. The van der Waals surface area contributed by atoms with Gasteiger partial charge in [0.25, 0.3) is 0 Å². The second-order valence-electron chi connectivity index (χ2n) is 10.5. The van der Waals surface area contributed by atoms with Gasteiger partial charge in [0, 0.05) is 16.3 Å². The highest BCUT2D eigenvalue weighted by atomic mass is 15.0. The molecular formula is C34H32N4. The molecule has 6 rings (SSSR count). The summed E-state index contributed by atoms with van der Waals surface area (Å²) in [6.07, 6.45) is 1.58. The van der Waals surface area contributed by atoms with Gasteiger partial charge in [-0.3, -0.25) is 0 Å². The highest BCUT2D eigenvalue weighted by Gasteiger charge is 2.19. The molecule has 0 aliphatic heterocycles. The lowest BCUT2D eigenvalue weighted by Gasteiger charge is -2.17. The van der Waals surface area contributed by atoms with Crippen molar-refractivity contribution in [2.45, 2.75) is 48.5 Å². The minimum absolute atomic E-state index is 0.710. The lowest BCUT2D eigenvalue weighted by atomic mass is 9.89. The molecule has 0 amide bonds. The Kier molecular flexibility index (Phi) is 5.64. The quantitative estimate of drug-likeness (QED) is 0.247. The maximum Gasteiger partial charge on any atom is 0.162 e. The Morgan fingerprint density at radius 3 is 1.92 bits per heavy atom. The van der Waals surface area contributed by atoms with Crippen LogP contribution in [0, 0.1) is 48.5 Å². The molecule has 0 aliphatic carbocycles. The van der Waals surface area contributed by atoms with Crippen LogP contribution in [0.15, 0.2) is 67.0 Å². The van der Waals surface area contributed by atoms with Gasteiger partial charge < -0.3 is 4.57 Å². The first-order valence-corrected chi connectivity index (χ1v) is 13.1. The highest BCUT2D eigenvalue weighted by molar-refractivity contribution is 6.10. The van der Waals surface area contributed by atoms with E-state index < -0.39 is 0 Å². The zero-order valence-corrected chi connectivity index (χ0v) is 23.1. The Morgan fingerprint density at radius 1 is 0.579 bits per heavy atom. The number of nitrogens with zero attached hydrogens (tertiary/aromatic N) is 4. The molecule has 0 radical (unpaired) electrons. The van der Waals surface area contributed by atoms with Crippen molar-refractivity contribution in [3.8, 4) is 28.2 Å². The van der Waals surface area contributed by atoms with Crippen LogP contribution in [0.1, 0.15) is 39.2 Å². The fourth-order valence-corrected chi connectivity index (χ4v) is 5.97. The minimum atomic E-state index is 0.710. The molecule has 0 saturated heterocycles. The first-order chi connectivity index (χ1) is 18.2. The molecule has 0 saturated carbocycles. The molecule has 2 heterocycles. The second-order valence-corrected chi connectivity index (χ2v) is 10.5. The Hall–Kier alpha value is -4.31. The number of para-hydroxylation sites is 1. The lowest BCUT2D eigenvalue weighted by Crippen LogP contribution is -2.02. The Bertz CT molecular complexity index is 1840. The van der Waals surface area contributed by atoms with Gasteiger partial charge in [0.1, 0.15) is 12.2 Å². The number of fused-ring (bicyclic) bond motifs is 3. The molecule has 0 N–H and O–H groups in total. The fourth-order valence-electron chi connectivity index (χ4n) is 5.97. The summed E-state index contributed by atoms with van der Waals surface area (Å²) in [6, 6.07) is 22.4. The van der Waals surface area contributed by atoms with Crippen molar-refractivity contribution in [3.63, 3.8) is 0 Å². The van der Waals surface area contributed by atoms with Gasteiger partial charge in [0.2, 0.25) is 0 Å². The molecule has 2 aromatic heterocycles. The van der Waals surface area contributed by atoms with E-state index >= 15 is 0 Å². The van der Waals surface area contributed by atoms with E-state index in [4.69, 9.17) is 0 Å². The van der Waals surface area contributed by atoms with Crippen LogP contribution in [-0.2, 0) is 0 Å². The van der Waals surface area contributed by atoms with E-state index in [1.807, 2.05) is 6.92 Å². The zero-order chi connectivity index (χ0) is 26.7. The largest absolute Gasteiger partial charge is 0.309 e. The zero-order valence-electron chi connectivity index (χ0n) is 23.1. The molecule has 0 unspecified atom stereocenters. The highest BCUT2D eigenvalue weighted by Crippen LogP contribution is 2.39. The maximum atomic E-state index is 4.55. The number of hydrogen-bond acceptors (Lipinski definition) is 3. The van der Waals surface area contributed by atoms with Crippen molar-refractivity contribution in [2.24, 2.45) is 0 Å². The molecule has 188 valence electrons. The van der Waals surface area contributed by atoms with Crippen LogP contribution in [0.5, 0.6) is 0 Å². The molecule has 0 fully saturated rings. The number of aromatic nitrogens is 4. The van der Waals surface area contributed by atoms with Gasteiger partial charge in [-0.15, -0.1) is 0 Å². The average molecular weight is 497 g/mol. The molecule has 4 aromatic carbocycles. The minimum Gasteiger partial charge on any atom is -0.309 e. The van der Waals surface area contributed by atoms with Crippen molar-refractivity contribution in [1.82, 2.24) is 19.5 Å². The van der Waals surface area contributed by atoms with Gasteiger partial charge in [-0.2, -0.15) is 0 Å². The van der Waals surface area contributed by atoms with Crippen LogP contribution in [-0.4, -0.2) is 19.5 Å². The van der Waals surface area contributed by atoms with Crippen LogP contribution < -0.4 is 0 Å². The van der Waals surface area contributed by atoms with Gasteiger partial charge in [0.05, 0.1) is 16.7 Å². The van der Waals surface area contributed by atoms with Crippen molar-refractivity contribution in [2.75, 3.05) is 0 Å². The SMILES string of the molecule is Cc1ncnc(-c2cc(C)c(-n3c4ccccc4c4cc(-c5c(C)c(C)cc(C)c5C)ccc43)c(C)c2)n1. The van der Waals surface area contributed by atoms with Crippen molar-refractivity contribution < 1.29 is 0 Å². The molecule has 4 nitrogen and oxygen atoms in total. The topological polar surface area (TPSA) is 43.6 Å². The summed E-state index contributed by atoms with van der Waals surface area (Å²) in [7, 11) is 0. The Balaban J connectivity index is 1.61. The molecule has 6 aromatic rings. The molecule has 0 spiro atoms. The fraction of sp³-hybridized carbons (Fsp3) is 0.206. The average Bonchev–Trinajstić information content (AvgIpc) is 3.21. The molecule has 4 heteroatoms. The first kappa shape index (κ1) is 24.1. The van der Waals surface area contributed by atoms with E-state index in [0.29, 0.717) is 5.82 Å². The van der Waals surface area contributed by atoms with E-state index in [0.717, 1.165) is 11.4 Å². The standard InChI is InChI=1S/C34H32N4/c1-19-14-20(2)24(6)32(23(19)5)26-12-13-31-29(17-26)28-10-8-9-11-30(28)38(31)33-21(3)15-27(16-22(33)4)34-36-18-35-25(7)37-34/h8-18H,1-7H3. The summed E-state index contributed by atoms with van der Waals surface area (Å²) >= 11 is 0. The van der Waals surface area contributed by atoms with Crippen LogP contribution in [0.4, 0.5) is 0 Å². The van der Waals surface area contributed by atoms with Crippen molar-refractivity contribution >= 4 is 21.8 Å². The number of hydrogen-bond donors (Lipinski definition) is 0. The third kappa shape index (κ3) is 3.71. The van der Waals surface area contributed by atoms with Crippen molar-refractivity contribution in [1.29, 1.82) is 0 Å². The monoisotopic (exact) mass is 496 g/mol. The molecule has 38 heavy (non-hydrogen) atoms. The number of benzene rings is 4. The summed E-state index contributed by atoms with van der Waals surface area (Å²) in [6.45, 7) is 15.2. The van der Waals surface area contributed by atoms with Gasteiger partial charge in [0.15, 0.2) is 5.82 Å². The molecule has 0 bridgehead atoms. The summed E-state index contributed by atoms with van der Waals surface area (Å²) < 4.78 is 2.42. The van der Waals surface area contributed by atoms with Gasteiger partial charge in [-0.1, -0.05) is 30.3 Å². The van der Waals surface area contributed by atoms with Crippen LogP contribution >= 0.6 is 0 Å². The summed E-state index contributed by atoms with van der Waals surface area (Å²) in [5, 5.41) is 2.53. The predicted molar refractivity (Wildman–Crippen MR) is 158 cm³/mol. The molecule has 0 atom stereocenters. The van der Waals surface area contributed by atoms with E-state index in [9.17, 15) is 0 Å². The number of rotatable bonds is 3. The third-order valence-corrected chi connectivity index (χ3v) is 7.99. The third-order valence-electron chi connectivity index (χ3n) is 7.99.